The molecule has 0 saturated heterocycles. The van der Waals surface area contributed by atoms with Crippen LogP contribution in [0.5, 0.6) is 0 Å². The molecule has 0 aliphatic heterocycles. The van der Waals surface area contributed by atoms with Crippen molar-refractivity contribution in [3.8, 4) is 6.07 Å². The summed E-state index contributed by atoms with van der Waals surface area (Å²) in [4.78, 5) is 27.8. The minimum Gasteiger partial charge on any atom is -0.458 e. The summed E-state index contributed by atoms with van der Waals surface area (Å²) in [5.74, 6) is -1.45. The molecule has 1 aromatic heterocycles. The SMILES string of the molecule is CC(=N)C(C#N)C(=O)COC(=O)CCCSc1nc2ccccc2s1. The monoisotopic (exact) mass is 375 g/mol. The van der Waals surface area contributed by atoms with Gasteiger partial charge < -0.3 is 10.1 Å². The molecule has 2 aromatic rings. The molecule has 8 heteroatoms. The van der Waals surface area contributed by atoms with Crippen LogP contribution in [0.25, 0.3) is 10.2 Å². The Morgan fingerprint density at radius 2 is 2.20 bits per heavy atom. The maximum Gasteiger partial charge on any atom is 0.306 e. The number of thioether (sulfide) groups is 1. The molecule has 1 N–H and O–H groups in total. The first-order valence-corrected chi connectivity index (χ1v) is 9.43. The Morgan fingerprint density at radius 1 is 1.44 bits per heavy atom. The molecule has 1 unspecified atom stereocenters. The van der Waals surface area contributed by atoms with Crippen molar-refractivity contribution in [3.63, 3.8) is 0 Å². The van der Waals surface area contributed by atoms with Crippen LogP contribution < -0.4 is 0 Å². The van der Waals surface area contributed by atoms with Crippen LogP contribution in [0.1, 0.15) is 19.8 Å². The Morgan fingerprint density at radius 3 is 2.88 bits per heavy atom. The van der Waals surface area contributed by atoms with Crippen molar-refractivity contribution in [2.75, 3.05) is 12.4 Å². The van der Waals surface area contributed by atoms with Gasteiger partial charge in [-0.1, -0.05) is 23.9 Å². The Bertz CT molecular complexity index is 793. The van der Waals surface area contributed by atoms with Gasteiger partial charge in [-0.05, 0) is 25.5 Å². The standard InChI is InChI=1S/C17H17N3O3S2/c1-11(19)12(9-18)14(21)10-23-16(22)7-4-8-24-17-20-13-5-2-3-6-15(13)25-17/h2-3,5-6,12,19H,4,7-8,10H2,1H3. The molecule has 0 bridgehead atoms. The number of nitriles is 1. The van der Waals surface area contributed by atoms with Gasteiger partial charge in [0.15, 0.2) is 16.7 Å². The first-order chi connectivity index (χ1) is 12.0. The zero-order valence-electron chi connectivity index (χ0n) is 13.7. The Labute approximate surface area is 153 Å². The zero-order chi connectivity index (χ0) is 18.2. The predicted molar refractivity (Wildman–Crippen MR) is 98.0 cm³/mol. The lowest BCUT2D eigenvalue weighted by molar-refractivity contribution is -0.148. The quantitative estimate of drug-likeness (QED) is 0.311. The number of nitrogens with one attached hydrogen (secondary N) is 1. The summed E-state index contributed by atoms with van der Waals surface area (Å²) >= 11 is 3.21. The number of hydrogen-bond acceptors (Lipinski definition) is 8. The van der Waals surface area contributed by atoms with Crippen molar-refractivity contribution < 1.29 is 14.3 Å². The van der Waals surface area contributed by atoms with Crippen LogP contribution in [0, 0.1) is 22.7 Å². The number of ether oxygens (including phenoxy) is 1. The van der Waals surface area contributed by atoms with Gasteiger partial charge in [0.25, 0.3) is 0 Å². The number of fused-ring (bicyclic) bond motifs is 1. The van der Waals surface area contributed by atoms with E-state index in [0.29, 0.717) is 6.42 Å². The molecular formula is C17H17N3O3S2. The highest BCUT2D eigenvalue weighted by Crippen LogP contribution is 2.29. The zero-order valence-corrected chi connectivity index (χ0v) is 15.3. The number of carbonyl (C=O) groups excluding carboxylic acids is 2. The van der Waals surface area contributed by atoms with E-state index in [1.54, 1.807) is 29.2 Å². The van der Waals surface area contributed by atoms with Gasteiger partial charge in [0.1, 0.15) is 5.92 Å². The van der Waals surface area contributed by atoms with E-state index < -0.39 is 24.3 Å². The van der Waals surface area contributed by atoms with Crippen LogP contribution in [-0.4, -0.2) is 34.8 Å². The maximum absolute atomic E-state index is 11.7. The number of carbonyl (C=O) groups is 2. The van der Waals surface area contributed by atoms with Crippen molar-refractivity contribution in [3.05, 3.63) is 24.3 Å². The highest BCUT2D eigenvalue weighted by Gasteiger charge is 2.21. The lowest BCUT2D eigenvalue weighted by atomic mass is 10.0. The van der Waals surface area contributed by atoms with E-state index in [0.717, 1.165) is 20.3 Å². The van der Waals surface area contributed by atoms with Crippen LogP contribution in [0.15, 0.2) is 28.6 Å². The summed E-state index contributed by atoms with van der Waals surface area (Å²) < 4.78 is 6.98. The Balaban J connectivity index is 1.67. The Hall–Kier alpha value is -2.24. The number of hydrogen-bond donors (Lipinski definition) is 1. The molecule has 1 aromatic carbocycles. The van der Waals surface area contributed by atoms with Gasteiger partial charge in [-0.2, -0.15) is 5.26 Å². The number of benzene rings is 1. The third kappa shape index (κ3) is 5.66. The van der Waals surface area contributed by atoms with E-state index in [9.17, 15) is 9.59 Å². The average Bonchev–Trinajstić information content (AvgIpc) is 3.00. The smallest absolute Gasteiger partial charge is 0.306 e. The normalized spacial score (nSPS) is 11.7. The minimum absolute atomic E-state index is 0.0456. The highest BCUT2D eigenvalue weighted by molar-refractivity contribution is 8.01. The van der Waals surface area contributed by atoms with Gasteiger partial charge >= 0.3 is 5.97 Å². The average molecular weight is 375 g/mol. The summed E-state index contributed by atoms with van der Waals surface area (Å²) in [5.41, 5.74) is 0.928. The topological polar surface area (TPSA) is 104 Å². The van der Waals surface area contributed by atoms with Crippen LogP contribution in [-0.2, 0) is 14.3 Å². The molecule has 0 spiro atoms. The number of para-hydroxylation sites is 1. The Kier molecular flexibility index (Phi) is 7.10. The van der Waals surface area contributed by atoms with Crippen molar-refractivity contribution in [1.29, 1.82) is 10.7 Å². The molecule has 0 aliphatic rings. The largest absolute Gasteiger partial charge is 0.458 e. The number of thiazole rings is 1. The first kappa shape index (κ1) is 19.1. The summed E-state index contributed by atoms with van der Waals surface area (Å²) in [5, 5.41) is 16.1. The lowest BCUT2D eigenvalue weighted by Gasteiger charge is -2.07. The molecule has 0 saturated carbocycles. The predicted octanol–water partition coefficient (Wildman–Crippen LogP) is 3.46. The molecule has 0 aliphatic carbocycles. The fourth-order valence-corrected chi connectivity index (χ4v) is 4.08. The number of esters is 1. The molecule has 2 rings (SSSR count). The van der Waals surface area contributed by atoms with Crippen molar-refractivity contribution in [2.45, 2.75) is 24.1 Å². The molecule has 6 nitrogen and oxygen atoms in total. The summed E-state index contributed by atoms with van der Waals surface area (Å²) in [6, 6.07) is 9.65. The van der Waals surface area contributed by atoms with Gasteiger partial charge in [-0.15, -0.1) is 11.3 Å². The molecule has 1 heterocycles. The molecular weight excluding hydrogens is 358 g/mol. The van der Waals surface area contributed by atoms with E-state index >= 15 is 0 Å². The molecule has 0 fully saturated rings. The second-order valence-corrected chi connectivity index (χ2v) is 7.64. The molecule has 1 atom stereocenters. The van der Waals surface area contributed by atoms with Crippen molar-refractivity contribution in [1.82, 2.24) is 4.98 Å². The number of nitrogens with zero attached hydrogens (tertiary/aromatic N) is 2. The van der Waals surface area contributed by atoms with Crippen LogP contribution in [0.4, 0.5) is 0 Å². The van der Waals surface area contributed by atoms with Gasteiger partial charge in [-0.25, -0.2) is 4.98 Å². The summed E-state index contributed by atoms with van der Waals surface area (Å²) in [7, 11) is 0. The highest BCUT2D eigenvalue weighted by atomic mass is 32.2. The fraction of sp³-hybridized carbons (Fsp3) is 0.353. The minimum atomic E-state index is -1.14. The number of ketones is 1. The van der Waals surface area contributed by atoms with Gasteiger partial charge in [0.05, 0.1) is 16.3 Å². The molecule has 0 amide bonds. The van der Waals surface area contributed by atoms with Crippen LogP contribution >= 0.6 is 23.1 Å². The lowest BCUT2D eigenvalue weighted by Crippen LogP contribution is -2.25. The molecule has 0 radical (unpaired) electrons. The molecule has 130 valence electrons. The van der Waals surface area contributed by atoms with Gasteiger partial charge in [0, 0.05) is 17.9 Å². The molecule has 25 heavy (non-hydrogen) atoms. The summed E-state index contributed by atoms with van der Waals surface area (Å²) in [6.45, 7) is 0.922. The van der Waals surface area contributed by atoms with Gasteiger partial charge in [0.2, 0.25) is 0 Å². The van der Waals surface area contributed by atoms with Crippen LogP contribution in [0.2, 0.25) is 0 Å². The number of rotatable bonds is 9. The maximum atomic E-state index is 11.7. The second kappa shape index (κ2) is 9.30. The summed E-state index contributed by atoms with van der Waals surface area (Å²) in [6.07, 6.45) is 0.810. The van der Waals surface area contributed by atoms with Crippen molar-refractivity contribution in [2.24, 2.45) is 5.92 Å². The van der Waals surface area contributed by atoms with Gasteiger partial charge in [-0.3, -0.25) is 9.59 Å². The second-order valence-electron chi connectivity index (χ2n) is 5.27. The fourth-order valence-electron chi connectivity index (χ4n) is 2.01. The number of Topliss-reactive ketones (excluding diaryl/α,β-unsaturated/α-hetero) is 1. The van der Waals surface area contributed by atoms with E-state index in [1.165, 1.54) is 6.92 Å². The van der Waals surface area contributed by atoms with E-state index in [4.69, 9.17) is 15.4 Å². The third-order valence-corrected chi connectivity index (χ3v) is 5.55. The van der Waals surface area contributed by atoms with E-state index in [-0.39, 0.29) is 12.1 Å². The van der Waals surface area contributed by atoms with E-state index in [1.807, 2.05) is 24.3 Å². The van der Waals surface area contributed by atoms with Crippen LogP contribution in [0.3, 0.4) is 0 Å². The van der Waals surface area contributed by atoms with E-state index in [2.05, 4.69) is 4.98 Å². The third-order valence-electron chi connectivity index (χ3n) is 3.28. The van der Waals surface area contributed by atoms with Crippen molar-refractivity contribution >= 4 is 50.8 Å². The number of aromatic nitrogens is 1. The first-order valence-electron chi connectivity index (χ1n) is 7.62.